The molecule has 0 rings (SSSR count). The fourth-order valence-electron chi connectivity index (χ4n) is 1.24. The van der Waals surface area contributed by atoms with E-state index in [1.807, 2.05) is 14.1 Å². The second-order valence-corrected chi connectivity index (χ2v) is 3.93. The molecule has 0 heterocycles. The van der Waals surface area contributed by atoms with Crippen molar-refractivity contribution in [3.05, 3.63) is 0 Å². The lowest BCUT2D eigenvalue weighted by atomic mass is 9.93. The van der Waals surface area contributed by atoms with Crippen molar-refractivity contribution >= 4 is 5.97 Å². The molecule has 3 nitrogen and oxygen atoms in total. The van der Waals surface area contributed by atoms with Gasteiger partial charge in [-0.2, -0.15) is 0 Å². The number of hydrogen-bond acceptors (Lipinski definition) is 2. The average molecular weight is 187 g/mol. The molecule has 0 aromatic rings. The summed E-state index contributed by atoms with van der Waals surface area (Å²) in [6, 6.07) is 0. The second kappa shape index (κ2) is 5.22. The molecule has 1 N–H and O–H groups in total. The minimum absolute atomic E-state index is 0.699. The molecule has 0 saturated carbocycles. The van der Waals surface area contributed by atoms with Crippen molar-refractivity contribution in [3.8, 4) is 0 Å². The monoisotopic (exact) mass is 187 g/mol. The van der Waals surface area contributed by atoms with Gasteiger partial charge in [0, 0.05) is 0 Å². The zero-order valence-corrected chi connectivity index (χ0v) is 9.13. The van der Waals surface area contributed by atoms with Crippen LogP contribution in [0.15, 0.2) is 0 Å². The van der Waals surface area contributed by atoms with Gasteiger partial charge in [-0.1, -0.05) is 26.2 Å². The van der Waals surface area contributed by atoms with E-state index in [1.54, 1.807) is 11.8 Å². The van der Waals surface area contributed by atoms with Gasteiger partial charge in [-0.15, -0.1) is 0 Å². The van der Waals surface area contributed by atoms with Crippen molar-refractivity contribution in [1.82, 2.24) is 4.90 Å². The summed E-state index contributed by atoms with van der Waals surface area (Å²) in [7, 11) is 3.64. The van der Waals surface area contributed by atoms with Crippen molar-refractivity contribution in [2.75, 3.05) is 14.1 Å². The van der Waals surface area contributed by atoms with E-state index in [0.29, 0.717) is 0 Å². The molecular formula is C10H21NO2. The highest BCUT2D eigenvalue weighted by Gasteiger charge is 2.34. The summed E-state index contributed by atoms with van der Waals surface area (Å²) in [6.45, 7) is 3.90. The number of nitrogens with zero attached hydrogens (tertiary/aromatic N) is 1. The molecule has 1 unspecified atom stereocenters. The van der Waals surface area contributed by atoms with Crippen molar-refractivity contribution in [2.45, 2.75) is 45.1 Å². The Balaban J connectivity index is 4.17. The number of rotatable bonds is 6. The standard InChI is InChI=1S/C10H21NO2/c1-5-6-7-8-10(2,9(12)13)11(3)4/h5-8H2,1-4H3,(H,12,13). The van der Waals surface area contributed by atoms with E-state index in [2.05, 4.69) is 6.92 Å². The molecule has 0 fully saturated rings. The predicted octanol–water partition coefficient (Wildman–Crippen LogP) is 1.97. The lowest BCUT2D eigenvalue weighted by Gasteiger charge is -2.32. The molecule has 13 heavy (non-hydrogen) atoms. The van der Waals surface area contributed by atoms with E-state index in [4.69, 9.17) is 5.11 Å². The first-order chi connectivity index (χ1) is 5.95. The largest absolute Gasteiger partial charge is 0.480 e. The van der Waals surface area contributed by atoms with Crippen LogP contribution in [0.3, 0.4) is 0 Å². The van der Waals surface area contributed by atoms with Crippen LogP contribution in [0.25, 0.3) is 0 Å². The van der Waals surface area contributed by atoms with E-state index >= 15 is 0 Å². The number of carbonyl (C=O) groups is 1. The number of unbranched alkanes of at least 4 members (excludes halogenated alkanes) is 2. The summed E-state index contributed by atoms with van der Waals surface area (Å²) in [5, 5.41) is 9.06. The van der Waals surface area contributed by atoms with Crippen LogP contribution in [0, 0.1) is 0 Å². The fourth-order valence-corrected chi connectivity index (χ4v) is 1.24. The minimum atomic E-state index is -0.728. The second-order valence-electron chi connectivity index (χ2n) is 3.93. The highest BCUT2D eigenvalue weighted by atomic mass is 16.4. The predicted molar refractivity (Wildman–Crippen MR) is 53.9 cm³/mol. The Labute approximate surface area is 80.7 Å². The molecule has 0 aliphatic carbocycles. The van der Waals surface area contributed by atoms with E-state index in [9.17, 15) is 4.79 Å². The summed E-state index contributed by atoms with van der Waals surface area (Å²) in [6.07, 6.45) is 3.94. The summed E-state index contributed by atoms with van der Waals surface area (Å²) in [5.74, 6) is -0.728. The molecule has 0 bridgehead atoms. The summed E-state index contributed by atoms with van der Waals surface area (Å²) >= 11 is 0. The quantitative estimate of drug-likeness (QED) is 0.646. The zero-order valence-electron chi connectivity index (χ0n) is 9.13. The molecule has 0 aromatic carbocycles. The van der Waals surface area contributed by atoms with Crippen LogP contribution in [0.2, 0.25) is 0 Å². The van der Waals surface area contributed by atoms with Crippen LogP contribution in [-0.2, 0) is 4.79 Å². The van der Waals surface area contributed by atoms with Crippen LogP contribution >= 0.6 is 0 Å². The molecule has 0 aromatic heterocycles. The highest BCUT2D eigenvalue weighted by molar-refractivity contribution is 5.78. The van der Waals surface area contributed by atoms with Gasteiger partial charge in [0.15, 0.2) is 0 Å². The first-order valence-electron chi connectivity index (χ1n) is 4.86. The first kappa shape index (κ1) is 12.4. The number of aliphatic carboxylic acids is 1. The summed E-state index contributed by atoms with van der Waals surface area (Å²) < 4.78 is 0. The molecule has 0 radical (unpaired) electrons. The molecule has 0 saturated heterocycles. The maximum absolute atomic E-state index is 11.0. The molecule has 1 atom stereocenters. The number of carboxylic acid groups (broad SMARTS) is 1. The highest BCUT2D eigenvalue weighted by Crippen LogP contribution is 2.20. The molecule has 0 amide bonds. The van der Waals surface area contributed by atoms with Gasteiger partial charge in [-0.05, 0) is 27.4 Å². The van der Waals surface area contributed by atoms with E-state index in [-0.39, 0.29) is 0 Å². The Kier molecular flexibility index (Phi) is 4.99. The van der Waals surface area contributed by atoms with Crippen molar-refractivity contribution in [3.63, 3.8) is 0 Å². The molecular weight excluding hydrogens is 166 g/mol. The number of carboxylic acids is 1. The smallest absolute Gasteiger partial charge is 0.323 e. The van der Waals surface area contributed by atoms with Crippen LogP contribution < -0.4 is 0 Å². The third-order valence-corrected chi connectivity index (χ3v) is 2.71. The Morgan fingerprint density at radius 1 is 1.38 bits per heavy atom. The first-order valence-corrected chi connectivity index (χ1v) is 4.86. The maximum Gasteiger partial charge on any atom is 0.323 e. The minimum Gasteiger partial charge on any atom is -0.480 e. The summed E-state index contributed by atoms with van der Waals surface area (Å²) in [4.78, 5) is 12.8. The normalized spacial score (nSPS) is 15.8. The Hall–Kier alpha value is -0.570. The maximum atomic E-state index is 11.0. The van der Waals surface area contributed by atoms with Gasteiger partial charge in [0.1, 0.15) is 5.54 Å². The number of likely N-dealkylation sites (N-methyl/N-ethyl adjacent to an activating group) is 1. The third kappa shape index (κ3) is 3.35. The van der Waals surface area contributed by atoms with Gasteiger partial charge in [0.05, 0.1) is 0 Å². The molecule has 0 aliphatic heterocycles. The molecule has 0 aliphatic rings. The third-order valence-electron chi connectivity index (χ3n) is 2.71. The molecule has 3 heteroatoms. The Bertz CT molecular complexity index is 168. The fraction of sp³-hybridized carbons (Fsp3) is 0.900. The SMILES string of the molecule is CCCCCC(C)(C(=O)O)N(C)C. The van der Waals surface area contributed by atoms with E-state index in [0.717, 1.165) is 25.7 Å². The molecule has 78 valence electrons. The Morgan fingerprint density at radius 2 is 1.92 bits per heavy atom. The van der Waals surface area contributed by atoms with Crippen molar-refractivity contribution in [2.24, 2.45) is 0 Å². The van der Waals surface area contributed by atoms with Gasteiger partial charge in [-0.3, -0.25) is 9.69 Å². The van der Waals surface area contributed by atoms with Crippen LogP contribution in [0.4, 0.5) is 0 Å². The van der Waals surface area contributed by atoms with Gasteiger partial charge in [0.2, 0.25) is 0 Å². The molecule has 0 spiro atoms. The van der Waals surface area contributed by atoms with Crippen LogP contribution in [0.1, 0.15) is 39.5 Å². The van der Waals surface area contributed by atoms with Gasteiger partial charge in [0.25, 0.3) is 0 Å². The summed E-state index contributed by atoms with van der Waals surface area (Å²) in [5.41, 5.74) is -0.699. The zero-order chi connectivity index (χ0) is 10.5. The van der Waals surface area contributed by atoms with Gasteiger partial charge < -0.3 is 5.11 Å². The Morgan fingerprint density at radius 3 is 2.23 bits per heavy atom. The van der Waals surface area contributed by atoms with Crippen molar-refractivity contribution in [1.29, 1.82) is 0 Å². The van der Waals surface area contributed by atoms with Gasteiger partial charge in [-0.25, -0.2) is 0 Å². The van der Waals surface area contributed by atoms with E-state index in [1.165, 1.54) is 0 Å². The van der Waals surface area contributed by atoms with Gasteiger partial charge >= 0.3 is 5.97 Å². The average Bonchev–Trinajstić information content (AvgIpc) is 2.03. The van der Waals surface area contributed by atoms with Crippen LogP contribution in [-0.4, -0.2) is 35.6 Å². The number of hydrogen-bond donors (Lipinski definition) is 1. The van der Waals surface area contributed by atoms with E-state index < -0.39 is 11.5 Å². The lowest BCUT2D eigenvalue weighted by molar-refractivity contribution is -0.149. The topological polar surface area (TPSA) is 40.5 Å². The van der Waals surface area contributed by atoms with Crippen molar-refractivity contribution < 1.29 is 9.90 Å². The van der Waals surface area contributed by atoms with Crippen LogP contribution in [0.5, 0.6) is 0 Å². The lowest BCUT2D eigenvalue weighted by Crippen LogP contribution is -2.48.